The Bertz CT molecular complexity index is 1130. The molecule has 156 valence electrons. The van der Waals surface area contributed by atoms with Crippen LogP contribution < -0.4 is 11.1 Å². The van der Waals surface area contributed by atoms with Gasteiger partial charge in [-0.2, -0.15) is 0 Å². The number of benzene rings is 1. The van der Waals surface area contributed by atoms with Gasteiger partial charge in [0.2, 0.25) is 0 Å². The zero-order valence-electron chi connectivity index (χ0n) is 16.1. The SMILES string of the molecule is COCc1nc(NC[C@H](N)Cc2ccc(Cl)c(Cl)c2)sc1-c1nc2ccncc2s1. The lowest BCUT2D eigenvalue weighted by molar-refractivity contribution is 0.182. The van der Waals surface area contributed by atoms with E-state index in [1.165, 1.54) is 0 Å². The van der Waals surface area contributed by atoms with Gasteiger partial charge in [-0.15, -0.1) is 11.3 Å². The largest absolute Gasteiger partial charge is 0.378 e. The Morgan fingerprint density at radius 3 is 2.80 bits per heavy atom. The number of rotatable bonds is 8. The summed E-state index contributed by atoms with van der Waals surface area (Å²) in [7, 11) is 1.66. The summed E-state index contributed by atoms with van der Waals surface area (Å²) in [6, 6.07) is 7.39. The standard InChI is InChI=1S/C20H19Cl2N5OS2/c1-28-10-16-18(19-26-15-4-5-24-9-17(15)29-19)30-20(27-16)25-8-12(23)6-11-2-3-13(21)14(22)7-11/h2-5,7,9,12H,6,8,10,23H2,1H3,(H,25,27)/t12-/m1/s1. The molecule has 0 aliphatic heterocycles. The number of aromatic nitrogens is 3. The number of nitrogens with two attached hydrogens (primary N) is 1. The van der Waals surface area contributed by atoms with Crippen molar-refractivity contribution in [2.45, 2.75) is 19.1 Å². The van der Waals surface area contributed by atoms with E-state index < -0.39 is 0 Å². The van der Waals surface area contributed by atoms with Gasteiger partial charge in [0.1, 0.15) is 5.01 Å². The summed E-state index contributed by atoms with van der Waals surface area (Å²) in [5.74, 6) is 0. The van der Waals surface area contributed by atoms with Crippen molar-refractivity contribution in [1.29, 1.82) is 0 Å². The van der Waals surface area contributed by atoms with Crippen molar-refractivity contribution in [2.24, 2.45) is 5.73 Å². The maximum Gasteiger partial charge on any atom is 0.183 e. The number of ether oxygens (including phenoxy) is 1. The molecule has 0 amide bonds. The number of hydrogen-bond acceptors (Lipinski definition) is 8. The molecule has 4 aromatic rings. The van der Waals surface area contributed by atoms with Crippen LogP contribution in [0, 0.1) is 0 Å². The maximum atomic E-state index is 6.30. The summed E-state index contributed by atoms with van der Waals surface area (Å²) in [5, 5.41) is 6.13. The maximum absolute atomic E-state index is 6.30. The molecule has 30 heavy (non-hydrogen) atoms. The lowest BCUT2D eigenvalue weighted by Gasteiger charge is -2.12. The van der Waals surface area contributed by atoms with Crippen LogP contribution in [0.5, 0.6) is 0 Å². The minimum atomic E-state index is -0.103. The van der Waals surface area contributed by atoms with Crippen LogP contribution in [0.25, 0.3) is 20.1 Å². The summed E-state index contributed by atoms with van der Waals surface area (Å²) in [5.41, 5.74) is 9.13. The third-order valence-corrected chi connectivity index (χ3v) is 7.31. The molecule has 0 radical (unpaired) electrons. The molecule has 6 nitrogen and oxygen atoms in total. The molecule has 10 heteroatoms. The number of fused-ring (bicyclic) bond motifs is 1. The second-order valence-corrected chi connectivity index (χ2v) is 9.53. The predicted molar refractivity (Wildman–Crippen MR) is 126 cm³/mol. The summed E-state index contributed by atoms with van der Waals surface area (Å²) in [4.78, 5) is 14.6. The van der Waals surface area contributed by atoms with Gasteiger partial charge in [0.25, 0.3) is 0 Å². The molecule has 1 atom stereocenters. The zero-order chi connectivity index (χ0) is 21.1. The first-order valence-corrected chi connectivity index (χ1v) is 11.6. The molecule has 1 aromatic carbocycles. The second-order valence-electron chi connectivity index (χ2n) is 6.68. The quantitative estimate of drug-likeness (QED) is 0.358. The molecule has 3 heterocycles. The fourth-order valence-electron chi connectivity index (χ4n) is 2.97. The van der Waals surface area contributed by atoms with E-state index in [0.29, 0.717) is 29.6 Å². The van der Waals surface area contributed by atoms with Crippen molar-refractivity contribution in [1.82, 2.24) is 15.0 Å². The molecule has 0 saturated heterocycles. The molecule has 0 spiro atoms. The van der Waals surface area contributed by atoms with E-state index in [1.54, 1.807) is 42.0 Å². The first-order chi connectivity index (χ1) is 14.5. The van der Waals surface area contributed by atoms with Crippen LogP contribution in [-0.4, -0.2) is 34.6 Å². The Labute approximate surface area is 192 Å². The monoisotopic (exact) mass is 479 g/mol. The summed E-state index contributed by atoms with van der Waals surface area (Å²) in [6.07, 6.45) is 4.25. The van der Waals surface area contributed by atoms with Crippen molar-refractivity contribution >= 4 is 61.2 Å². The van der Waals surface area contributed by atoms with Crippen LogP contribution >= 0.6 is 45.9 Å². The fourth-order valence-corrected chi connectivity index (χ4v) is 5.29. The Morgan fingerprint density at radius 1 is 1.17 bits per heavy atom. The fraction of sp³-hybridized carbons (Fsp3) is 0.250. The lowest BCUT2D eigenvalue weighted by Crippen LogP contribution is -2.31. The van der Waals surface area contributed by atoms with Crippen LogP contribution in [0.1, 0.15) is 11.3 Å². The van der Waals surface area contributed by atoms with E-state index in [-0.39, 0.29) is 6.04 Å². The summed E-state index contributed by atoms with van der Waals surface area (Å²) < 4.78 is 6.38. The van der Waals surface area contributed by atoms with Crippen molar-refractivity contribution < 1.29 is 4.74 Å². The van der Waals surface area contributed by atoms with Gasteiger partial charge in [-0.25, -0.2) is 9.97 Å². The molecular weight excluding hydrogens is 461 g/mol. The minimum Gasteiger partial charge on any atom is -0.378 e. The Morgan fingerprint density at radius 2 is 2.03 bits per heavy atom. The molecule has 0 bridgehead atoms. The molecule has 3 N–H and O–H groups in total. The number of hydrogen-bond donors (Lipinski definition) is 2. The molecule has 0 fully saturated rings. The number of nitrogens with one attached hydrogen (secondary N) is 1. The van der Waals surface area contributed by atoms with Crippen LogP contribution in [0.4, 0.5) is 5.13 Å². The Hall–Kier alpha value is -1.81. The lowest BCUT2D eigenvalue weighted by atomic mass is 10.1. The number of methoxy groups -OCH3 is 1. The number of pyridine rings is 1. The van der Waals surface area contributed by atoms with Crippen molar-refractivity contribution in [3.8, 4) is 9.88 Å². The van der Waals surface area contributed by atoms with Crippen molar-refractivity contribution in [2.75, 3.05) is 19.0 Å². The summed E-state index contributed by atoms with van der Waals surface area (Å²) >= 11 is 15.2. The number of halogens is 2. The molecule has 0 saturated carbocycles. The predicted octanol–water partition coefficient (Wildman–Crippen LogP) is 5.25. The van der Waals surface area contributed by atoms with Gasteiger partial charge in [0.15, 0.2) is 5.13 Å². The Kier molecular flexibility index (Phi) is 6.82. The van der Waals surface area contributed by atoms with Gasteiger partial charge in [0.05, 0.1) is 37.4 Å². The number of anilines is 1. The van der Waals surface area contributed by atoms with E-state index >= 15 is 0 Å². The van der Waals surface area contributed by atoms with E-state index in [4.69, 9.17) is 43.6 Å². The number of thiazole rings is 2. The highest BCUT2D eigenvalue weighted by molar-refractivity contribution is 7.26. The molecular formula is C20H19Cl2N5OS2. The third kappa shape index (κ3) is 4.91. The van der Waals surface area contributed by atoms with Gasteiger partial charge in [-0.3, -0.25) is 4.98 Å². The molecule has 0 aliphatic carbocycles. The van der Waals surface area contributed by atoms with E-state index in [0.717, 1.165) is 36.5 Å². The third-order valence-electron chi connectivity index (χ3n) is 4.36. The molecule has 0 aliphatic rings. The first-order valence-electron chi connectivity index (χ1n) is 9.16. The molecule has 3 aromatic heterocycles. The second kappa shape index (κ2) is 9.55. The average molecular weight is 480 g/mol. The van der Waals surface area contributed by atoms with E-state index in [1.807, 2.05) is 24.4 Å². The average Bonchev–Trinajstić information content (AvgIpc) is 3.33. The summed E-state index contributed by atoms with van der Waals surface area (Å²) in [6.45, 7) is 0.987. The van der Waals surface area contributed by atoms with Gasteiger partial charge in [0, 0.05) is 32.1 Å². The van der Waals surface area contributed by atoms with Crippen LogP contribution in [0.2, 0.25) is 10.0 Å². The van der Waals surface area contributed by atoms with Gasteiger partial charge >= 0.3 is 0 Å². The van der Waals surface area contributed by atoms with Crippen molar-refractivity contribution in [3.05, 3.63) is 58.0 Å². The highest BCUT2D eigenvalue weighted by atomic mass is 35.5. The Balaban J connectivity index is 1.47. The van der Waals surface area contributed by atoms with Crippen LogP contribution in [0.15, 0.2) is 36.7 Å². The smallest absolute Gasteiger partial charge is 0.183 e. The van der Waals surface area contributed by atoms with Gasteiger partial charge in [-0.05, 0) is 30.2 Å². The first kappa shape index (κ1) is 21.4. The highest BCUT2D eigenvalue weighted by Crippen LogP contribution is 2.37. The zero-order valence-corrected chi connectivity index (χ0v) is 19.2. The molecule has 0 unspecified atom stereocenters. The topological polar surface area (TPSA) is 86.0 Å². The normalized spacial score (nSPS) is 12.4. The van der Waals surface area contributed by atoms with E-state index in [2.05, 4.69) is 10.3 Å². The van der Waals surface area contributed by atoms with Gasteiger partial charge < -0.3 is 15.8 Å². The number of nitrogens with zero attached hydrogens (tertiary/aromatic N) is 3. The van der Waals surface area contributed by atoms with Crippen molar-refractivity contribution in [3.63, 3.8) is 0 Å². The van der Waals surface area contributed by atoms with Crippen LogP contribution in [-0.2, 0) is 17.8 Å². The van der Waals surface area contributed by atoms with Gasteiger partial charge in [-0.1, -0.05) is 40.6 Å². The minimum absolute atomic E-state index is 0.103. The highest BCUT2D eigenvalue weighted by Gasteiger charge is 2.17. The van der Waals surface area contributed by atoms with Crippen LogP contribution in [0.3, 0.4) is 0 Å². The van der Waals surface area contributed by atoms with E-state index in [9.17, 15) is 0 Å². The molecule has 4 rings (SSSR count).